The summed E-state index contributed by atoms with van der Waals surface area (Å²) in [7, 11) is 1.59. The van der Waals surface area contributed by atoms with Crippen molar-refractivity contribution < 1.29 is 19.1 Å². The predicted octanol–water partition coefficient (Wildman–Crippen LogP) is 3.74. The lowest BCUT2D eigenvalue weighted by Crippen LogP contribution is -2.27. The van der Waals surface area contributed by atoms with E-state index in [1.807, 2.05) is 59.2 Å². The number of carbonyl (C=O) groups is 3. The summed E-state index contributed by atoms with van der Waals surface area (Å²) in [6, 6.07) is 20.8. The van der Waals surface area contributed by atoms with Crippen LogP contribution in [0.5, 0.6) is 0 Å². The van der Waals surface area contributed by atoms with Gasteiger partial charge in [-0.05, 0) is 53.9 Å². The first-order valence-corrected chi connectivity index (χ1v) is 12.1. The SMILES string of the molecule is CNC(=O)c1ccc2c(c1)nc(CCNC(=O)OCc1ccccc1)n2-c1ccc2c(c1)CCC(=O)N2. The fraction of sp³-hybridized carbons (Fsp3) is 0.214. The first-order chi connectivity index (χ1) is 18.0. The number of aryl methyl sites for hydroxylation is 1. The average Bonchev–Trinajstić information content (AvgIpc) is 3.29. The van der Waals surface area contributed by atoms with Gasteiger partial charge < -0.3 is 20.7 Å². The van der Waals surface area contributed by atoms with E-state index in [4.69, 9.17) is 9.72 Å². The summed E-state index contributed by atoms with van der Waals surface area (Å²) in [5.41, 5.74) is 5.71. The molecule has 1 aromatic heterocycles. The Morgan fingerprint density at radius 1 is 1.05 bits per heavy atom. The highest BCUT2D eigenvalue weighted by molar-refractivity contribution is 5.97. The topological polar surface area (TPSA) is 114 Å². The van der Waals surface area contributed by atoms with Gasteiger partial charge in [0.15, 0.2) is 0 Å². The summed E-state index contributed by atoms with van der Waals surface area (Å²) in [5.74, 6) is 0.554. The van der Waals surface area contributed by atoms with Gasteiger partial charge in [0.05, 0.1) is 11.0 Å². The van der Waals surface area contributed by atoms with Gasteiger partial charge in [0, 0.05) is 43.4 Å². The Hall–Kier alpha value is -4.66. The Kier molecular flexibility index (Phi) is 6.85. The van der Waals surface area contributed by atoms with Crippen LogP contribution < -0.4 is 16.0 Å². The highest BCUT2D eigenvalue weighted by atomic mass is 16.5. The number of alkyl carbamates (subject to hydrolysis) is 1. The number of ether oxygens (including phenoxy) is 1. The van der Waals surface area contributed by atoms with Gasteiger partial charge in [-0.25, -0.2) is 9.78 Å². The third-order valence-electron chi connectivity index (χ3n) is 6.29. The second-order valence-corrected chi connectivity index (χ2v) is 8.77. The molecule has 188 valence electrons. The molecule has 9 nitrogen and oxygen atoms in total. The molecule has 37 heavy (non-hydrogen) atoms. The van der Waals surface area contributed by atoms with Crippen molar-refractivity contribution in [2.24, 2.45) is 0 Å². The number of rotatable bonds is 7. The fourth-order valence-electron chi connectivity index (χ4n) is 4.43. The Morgan fingerprint density at radius 3 is 2.70 bits per heavy atom. The highest BCUT2D eigenvalue weighted by Crippen LogP contribution is 2.29. The average molecular weight is 498 g/mol. The molecule has 5 rings (SSSR count). The number of imidazole rings is 1. The lowest BCUT2D eigenvalue weighted by atomic mass is 10.0. The highest BCUT2D eigenvalue weighted by Gasteiger charge is 2.19. The molecule has 9 heteroatoms. The Balaban J connectivity index is 1.39. The standard InChI is InChI=1S/C28H27N5O4/c1-29-27(35)20-7-11-24-23(16-20)31-25(13-14-30-28(36)37-17-18-5-3-2-4-6-18)33(24)21-9-10-22-19(15-21)8-12-26(34)32-22/h2-7,9-11,15-16H,8,12-14,17H2,1H3,(H,29,35)(H,30,36)(H,32,34). The van der Waals surface area contributed by atoms with E-state index in [1.165, 1.54) is 0 Å². The van der Waals surface area contributed by atoms with Gasteiger partial charge in [-0.2, -0.15) is 0 Å². The van der Waals surface area contributed by atoms with Crippen LogP contribution in [0.2, 0.25) is 0 Å². The van der Waals surface area contributed by atoms with Crippen LogP contribution in [0.4, 0.5) is 10.5 Å². The van der Waals surface area contributed by atoms with Crippen molar-refractivity contribution in [3.05, 3.63) is 89.2 Å². The lowest BCUT2D eigenvalue weighted by Gasteiger charge is -2.19. The van der Waals surface area contributed by atoms with Crippen LogP contribution >= 0.6 is 0 Å². The van der Waals surface area contributed by atoms with Crippen molar-refractivity contribution in [1.82, 2.24) is 20.2 Å². The quantitative estimate of drug-likeness (QED) is 0.360. The maximum absolute atomic E-state index is 12.2. The van der Waals surface area contributed by atoms with Gasteiger partial charge in [-0.1, -0.05) is 30.3 Å². The molecule has 3 amide bonds. The molecule has 0 saturated heterocycles. The molecule has 0 saturated carbocycles. The van der Waals surface area contributed by atoms with Crippen LogP contribution in [0.15, 0.2) is 66.7 Å². The smallest absolute Gasteiger partial charge is 0.407 e. The molecule has 3 N–H and O–H groups in total. The van der Waals surface area contributed by atoms with Crippen molar-refractivity contribution in [2.75, 3.05) is 18.9 Å². The summed E-state index contributed by atoms with van der Waals surface area (Å²) in [4.78, 5) is 41.0. The summed E-state index contributed by atoms with van der Waals surface area (Å²) in [6.45, 7) is 0.513. The van der Waals surface area contributed by atoms with Gasteiger partial charge in [0.1, 0.15) is 12.4 Å². The molecule has 0 aliphatic carbocycles. The van der Waals surface area contributed by atoms with E-state index in [0.29, 0.717) is 36.9 Å². The number of hydrogen-bond donors (Lipinski definition) is 3. The third-order valence-corrected chi connectivity index (χ3v) is 6.29. The van der Waals surface area contributed by atoms with Crippen molar-refractivity contribution in [3.63, 3.8) is 0 Å². The Labute approximate surface area is 213 Å². The number of amides is 3. The minimum atomic E-state index is -0.502. The molecule has 0 fully saturated rings. The number of hydrogen-bond acceptors (Lipinski definition) is 5. The Bertz CT molecular complexity index is 1480. The normalized spacial score (nSPS) is 12.5. The van der Waals surface area contributed by atoms with Crippen LogP contribution in [0.3, 0.4) is 0 Å². The molecule has 4 aromatic rings. The monoisotopic (exact) mass is 497 g/mol. The van der Waals surface area contributed by atoms with Crippen LogP contribution in [-0.2, 0) is 29.0 Å². The molecule has 3 aromatic carbocycles. The van der Waals surface area contributed by atoms with Gasteiger partial charge >= 0.3 is 6.09 Å². The number of benzene rings is 3. The van der Waals surface area contributed by atoms with E-state index in [2.05, 4.69) is 16.0 Å². The van der Waals surface area contributed by atoms with Gasteiger partial charge in [0.2, 0.25) is 5.91 Å². The van der Waals surface area contributed by atoms with Crippen molar-refractivity contribution in [3.8, 4) is 5.69 Å². The molecular weight excluding hydrogens is 470 g/mol. The largest absolute Gasteiger partial charge is 0.445 e. The fourth-order valence-corrected chi connectivity index (χ4v) is 4.43. The molecular formula is C28H27N5O4. The molecule has 1 aliphatic heterocycles. The minimum Gasteiger partial charge on any atom is -0.445 e. The zero-order valence-electron chi connectivity index (χ0n) is 20.4. The second kappa shape index (κ2) is 10.5. The molecule has 0 unspecified atom stereocenters. The Morgan fingerprint density at radius 2 is 1.89 bits per heavy atom. The number of anilines is 1. The summed E-state index contributed by atoms with van der Waals surface area (Å²) in [6.07, 6.45) is 1.04. The molecule has 0 bridgehead atoms. The van der Waals surface area contributed by atoms with E-state index in [9.17, 15) is 14.4 Å². The van der Waals surface area contributed by atoms with E-state index < -0.39 is 6.09 Å². The first-order valence-electron chi connectivity index (χ1n) is 12.1. The lowest BCUT2D eigenvalue weighted by molar-refractivity contribution is -0.116. The van der Waals surface area contributed by atoms with E-state index >= 15 is 0 Å². The van der Waals surface area contributed by atoms with Gasteiger partial charge in [-0.15, -0.1) is 0 Å². The first kappa shape index (κ1) is 24.1. The number of fused-ring (bicyclic) bond motifs is 2. The molecule has 0 spiro atoms. The zero-order valence-corrected chi connectivity index (χ0v) is 20.4. The van der Waals surface area contributed by atoms with E-state index in [-0.39, 0.29) is 18.4 Å². The molecule has 0 radical (unpaired) electrons. The summed E-state index contributed by atoms with van der Waals surface area (Å²) >= 11 is 0. The van der Waals surface area contributed by atoms with E-state index in [0.717, 1.165) is 33.8 Å². The number of nitrogens with zero attached hydrogens (tertiary/aromatic N) is 2. The summed E-state index contributed by atoms with van der Waals surface area (Å²) < 4.78 is 7.33. The van der Waals surface area contributed by atoms with Gasteiger partial charge in [-0.3, -0.25) is 14.2 Å². The minimum absolute atomic E-state index is 0.0148. The van der Waals surface area contributed by atoms with Crippen molar-refractivity contribution in [1.29, 1.82) is 0 Å². The van der Waals surface area contributed by atoms with Crippen LogP contribution in [0.25, 0.3) is 16.7 Å². The summed E-state index contributed by atoms with van der Waals surface area (Å²) in [5, 5.41) is 8.34. The maximum atomic E-state index is 12.2. The maximum Gasteiger partial charge on any atom is 0.407 e. The van der Waals surface area contributed by atoms with Crippen LogP contribution in [0.1, 0.15) is 33.7 Å². The third kappa shape index (κ3) is 5.30. The predicted molar refractivity (Wildman–Crippen MR) is 140 cm³/mol. The van der Waals surface area contributed by atoms with Crippen molar-refractivity contribution >= 4 is 34.6 Å². The van der Waals surface area contributed by atoms with Gasteiger partial charge in [0.25, 0.3) is 5.91 Å². The number of carbonyl (C=O) groups excluding carboxylic acids is 3. The molecule has 2 heterocycles. The number of aromatic nitrogens is 2. The van der Waals surface area contributed by atoms with Crippen molar-refractivity contribution in [2.45, 2.75) is 25.9 Å². The van der Waals surface area contributed by atoms with Crippen LogP contribution in [0, 0.1) is 0 Å². The molecule has 1 aliphatic rings. The zero-order chi connectivity index (χ0) is 25.8. The number of nitrogens with one attached hydrogen (secondary N) is 3. The van der Waals surface area contributed by atoms with E-state index in [1.54, 1.807) is 19.2 Å². The second-order valence-electron chi connectivity index (χ2n) is 8.77. The molecule has 0 atom stereocenters. The van der Waals surface area contributed by atoms with Crippen LogP contribution in [-0.4, -0.2) is 41.1 Å².